The number of nitrogen functional groups attached to an aromatic ring is 1. The van der Waals surface area contributed by atoms with E-state index in [1.165, 1.54) is 0 Å². The lowest BCUT2D eigenvalue weighted by Gasteiger charge is -2.39. The van der Waals surface area contributed by atoms with Crippen molar-refractivity contribution in [1.29, 1.82) is 0 Å². The number of anilines is 3. The molecule has 1 unspecified atom stereocenters. The van der Waals surface area contributed by atoms with Gasteiger partial charge in [-0.3, -0.25) is 4.90 Å². The summed E-state index contributed by atoms with van der Waals surface area (Å²) in [6, 6.07) is 0.537. The molecule has 0 radical (unpaired) electrons. The summed E-state index contributed by atoms with van der Waals surface area (Å²) >= 11 is 0. The van der Waals surface area contributed by atoms with Crippen molar-refractivity contribution in [3.05, 3.63) is 0 Å². The molecule has 0 amide bonds. The first-order valence-corrected chi connectivity index (χ1v) is 6.65. The van der Waals surface area contributed by atoms with E-state index in [1.807, 2.05) is 19.0 Å². The summed E-state index contributed by atoms with van der Waals surface area (Å²) in [7, 11) is 5.97. The Labute approximate surface area is 114 Å². The average Bonchev–Trinajstić information content (AvgIpc) is 2.38. The van der Waals surface area contributed by atoms with Gasteiger partial charge in [0.05, 0.1) is 0 Å². The molecule has 2 heterocycles. The van der Waals surface area contributed by atoms with Gasteiger partial charge in [0.15, 0.2) is 0 Å². The largest absolute Gasteiger partial charge is 0.368 e. The smallest absolute Gasteiger partial charge is 0.232 e. The molecule has 1 atom stereocenters. The number of rotatable bonds is 3. The van der Waals surface area contributed by atoms with Crippen LogP contribution in [0.4, 0.5) is 17.8 Å². The zero-order valence-corrected chi connectivity index (χ0v) is 12.2. The molecule has 0 spiro atoms. The first-order chi connectivity index (χ1) is 9.01. The van der Waals surface area contributed by atoms with Crippen LogP contribution in [0.15, 0.2) is 0 Å². The number of nitrogens with zero attached hydrogens (tertiary/aromatic N) is 6. The Hall–Kier alpha value is -1.63. The van der Waals surface area contributed by atoms with Crippen molar-refractivity contribution in [3.8, 4) is 0 Å². The summed E-state index contributed by atoms with van der Waals surface area (Å²) in [4.78, 5) is 19.3. The van der Waals surface area contributed by atoms with Crippen LogP contribution in [0.2, 0.25) is 0 Å². The molecule has 0 aromatic carbocycles. The van der Waals surface area contributed by atoms with Gasteiger partial charge in [0, 0.05) is 39.8 Å². The standard InChI is InChI=1S/C12H23N7/c1-5-9-8-19(7-6-18(9)4)12-15-10(13)14-11(16-12)17(2)3/h9H,5-8H2,1-4H3,(H2,13,14,15,16). The Morgan fingerprint density at radius 3 is 2.63 bits per heavy atom. The van der Waals surface area contributed by atoms with Gasteiger partial charge < -0.3 is 15.5 Å². The maximum absolute atomic E-state index is 5.77. The third-order valence-corrected chi connectivity index (χ3v) is 3.56. The van der Waals surface area contributed by atoms with Crippen molar-refractivity contribution in [3.63, 3.8) is 0 Å². The monoisotopic (exact) mass is 265 g/mol. The van der Waals surface area contributed by atoms with Gasteiger partial charge in [-0.25, -0.2) is 0 Å². The van der Waals surface area contributed by atoms with Crippen molar-refractivity contribution in [2.75, 3.05) is 56.3 Å². The summed E-state index contributed by atoms with van der Waals surface area (Å²) < 4.78 is 0. The average molecular weight is 265 g/mol. The quantitative estimate of drug-likeness (QED) is 0.827. The summed E-state index contributed by atoms with van der Waals surface area (Å²) in [5.74, 6) is 1.57. The molecule has 0 saturated carbocycles. The highest BCUT2D eigenvalue weighted by Crippen LogP contribution is 2.18. The third kappa shape index (κ3) is 3.04. The Kier molecular flexibility index (Phi) is 4.04. The molecule has 2 N–H and O–H groups in total. The fraction of sp³-hybridized carbons (Fsp3) is 0.750. The lowest BCUT2D eigenvalue weighted by atomic mass is 10.1. The van der Waals surface area contributed by atoms with Gasteiger partial charge in [0.1, 0.15) is 0 Å². The van der Waals surface area contributed by atoms with Crippen LogP contribution in [0.3, 0.4) is 0 Å². The predicted molar refractivity (Wildman–Crippen MR) is 77.5 cm³/mol. The molecular formula is C12H23N7. The molecule has 1 fully saturated rings. The number of piperazine rings is 1. The fourth-order valence-electron chi connectivity index (χ4n) is 2.28. The van der Waals surface area contributed by atoms with Crippen LogP contribution < -0.4 is 15.5 Å². The van der Waals surface area contributed by atoms with Crippen LogP contribution in [0.5, 0.6) is 0 Å². The van der Waals surface area contributed by atoms with Gasteiger partial charge in [-0.1, -0.05) is 6.92 Å². The van der Waals surface area contributed by atoms with E-state index in [-0.39, 0.29) is 5.95 Å². The molecular weight excluding hydrogens is 242 g/mol. The van der Waals surface area contributed by atoms with Crippen molar-refractivity contribution >= 4 is 17.8 Å². The molecule has 7 nitrogen and oxygen atoms in total. The highest BCUT2D eigenvalue weighted by molar-refractivity contribution is 5.43. The molecule has 2 rings (SSSR count). The highest BCUT2D eigenvalue weighted by Gasteiger charge is 2.25. The Balaban J connectivity index is 2.22. The Morgan fingerprint density at radius 2 is 2.00 bits per heavy atom. The Morgan fingerprint density at radius 1 is 1.26 bits per heavy atom. The van der Waals surface area contributed by atoms with Crippen molar-refractivity contribution < 1.29 is 0 Å². The van der Waals surface area contributed by atoms with Crippen LogP contribution in [-0.4, -0.2) is 66.7 Å². The number of likely N-dealkylation sites (N-methyl/N-ethyl adjacent to an activating group) is 1. The number of nitrogens with two attached hydrogens (primary N) is 1. The lowest BCUT2D eigenvalue weighted by molar-refractivity contribution is 0.212. The minimum Gasteiger partial charge on any atom is -0.368 e. The minimum absolute atomic E-state index is 0.278. The summed E-state index contributed by atoms with van der Waals surface area (Å²) in [5.41, 5.74) is 5.77. The molecule has 7 heteroatoms. The van der Waals surface area contributed by atoms with Gasteiger partial charge in [0.25, 0.3) is 0 Å². The van der Waals surface area contributed by atoms with Crippen molar-refractivity contribution in [2.24, 2.45) is 0 Å². The van der Waals surface area contributed by atoms with Crippen LogP contribution in [-0.2, 0) is 0 Å². The molecule has 106 valence electrons. The topological polar surface area (TPSA) is 74.4 Å². The predicted octanol–water partition coefficient (Wildman–Crippen LogP) is 0.0502. The molecule has 19 heavy (non-hydrogen) atoms. The van der Waals surface area contributed by atoms with Crippen molar-refractivity contribution in [1.82, 2.24) is 19.9 Å². The first-order valence-electron chi connectivity index (χ1n) is 6.65. The molecule has 1 aliphatic rings. The zero-order chi connectivity index (χ0) is 14.0. The summed E-state index contributed by atoms with van der Waals surface area (Å²) in [6.07, 6.45) is 1.12. The molecule has 1 saturated heterocycles. The summed E-state index contributed by atoms with van der Waals surface area (Å²) in [5, 5.41) is 0. The maximum Gasteiger partial charge on any atom is 0.232 e. The molecule has 0 bridgehead atoms. The van der Waals surface area contributed by atoms with Gasteiger partial charge >= 0.3 is 0 Å². The number of hydrogen-bond donors (Lipinski definition) is 1. The fourth-order valence-corrected chi connectivity index (χ4v) is 2.28. The minimum atomic E-state index is 0.278. The first kappa shape index (κ1) is 13.8. The highest BCUT2D eigenvalue weighted by atomic mass is 15.4. The number of hydrogen-bond acceptors (Lipinski definition) is 7. The van der Waals surface area contributed by atoms with Crippen molar-refractivity contribution in [2.45, 2.75) is 19.4 Å². The van der Waals surface area contributed by atoms with Gasteiger partial charge in [-0.05, 0) is 13.5 Å². The summed E-state index contributed by atoms with van der Waals surface area (Å²) in [6.45, 7) is 5.08. The van der Waals surface area contributed by atoms with E-state index in [9.17, 15) is 0 Å². The normalized spacial score (nSPS) is 20.6. The SMILES string of the molecule is CCC1CN(c2nc(N)nc(N(C)C)n2)CCN1C. The number of aromatic nitrogens is 3. The molecule has 0 aliphatic carbocycles. The van der Waals surface area contributed by atoms with E-state index in [2.05, 4.69) is 38.7 Å². The maximum atomic E-state index is 5.77. The van der Waals surface area contributed by atoms with Crippen LogP contribution in [0.1, 0.15) is 13.3 Å². The van der Waals surface area contributed by atoms with E-state index in [0.29, 0.717) is 17.9 Å². The van der Waals surface area contributed by atoms with E-state index in [0.717, 1.165) is 26.1 Å². The molecule has 1 aromatic heterocycles. The zero-order valence-electron chi connectivity index (χ0n) is 12.2. The lowest BCUT2D eigenvalue weighted by Crippen LogP contribution is -2.51. The van der Waals surface area contributed by atoms with E-state index >= 15 is 0 Å². The Bertz CT molecular complexity index is 434. The van der Waals surface area contributed by atoms with Crippen LogP contribution in [0, 0.1) is 0 Å². The second-order valence-electron chi connectivity index (χ2n) is 5.18. The molecule has 1 aromatic rings. The van der Waals surface area contributed by atoms with Gasteiger partial charge in [-0.2, -0.15) is 15.0 Å². The molecule has 1 aliphatic heterocycles. The second kappa shape index (κ2) is 5.56. The van der Waals surface area contributed by atoms with Crippen LogP contribution in [0.25, 0.3) is 0 Å². The van der Waals surface area contributed by atoms with Gasteiger partial charge in [0.2, 0.25) is 17.8 Å². The third-order valence-electron chi connectivity index (χ3n) is 3.56. The van der Waals surface area contributed by atoms with Crippen LogP contribution >= 0.6 is 0 Å². The van der Waals surface area contributed by atoms with E-state index in [4.69, 9.17) is 5.73 Å². The van der Waals surface area contributed by atoms with E-state index < -0.39 is 0 Å². The second-order valence-corrected chi connectivity index (χ2v) is 5.18. The van der Waals surface area contributed by atoms with E-state index in [1.54, 1.807) is 0 Å². The van der Waals surface area contributed by atoms with Gasteiger partial charge in [-0.15, -0.1) is 0 Å².